The monoisotopic (exact) mass is 1110 g/mol. The molecule has 0 aromatic rings. The van der Waals surface area contributed by atoms with Crippen LogP contribution in [0.2, 0.25) is 0 Å². The molecule has 0 aliphatic carbocycles. The third-order valence-electron chi connectivity index (χ3n) is 17.0. The summed E-state index contributed by atoms with van der Waals surface area (Å²) in [6, 6.07) is -0.537. The molecule has 2 atom stereocenters. The molecule has 0 aromatic heterocycles. The molecule has 3 N–H and O–H groups in total. The number of hydrogen-bond donors (Lipinski definition) is 3. The lowest BCUT2D eigenvalue weighted by Gasteiger charge is -2.22. The third-order valence-corrected chi connectivity index (χ3v) is 17.0. The van der Waals surface area contributed by atoms with Crippen LogP contribution in [0, 0.1) is 0 Å². The summed E-state index contributed by atoms with van der Waals surface area (Å²) in [6.07, 6.45) is 86.7. The van der Waals surface area contributed by atoms with Crippen LogP contribution in [0.15, 0.2) is 24.3 Å². The molecule has 0 saturated carbocycles. The number of rotatable bonds is 68. The van der Waals surface area contributed by atoms with Crippen LogP contribution in [-0.2, 0) is 14.3 Å². The molecule has 0 saturated heterocycles. The summed E-state index contributed by atoms with van der Waals surface area (Å²) in [5, 5.41) is 23.3. The number of ether oxygens (including phenoxy) is 1. The van der Waals surface area contributed by atoms with Crippen LogP contribution >= 0.6 is 0 Å². The van der Waals surface area contributed by atoms with Gasteiger partial charge in [-0.3, -0.25) is 9.59 Å². The Balaban J connectivity index is 3.30. The summed E-state index contributed by atoms with van der Waals surface area (Å²) >= 11 is 0. The minimum atomic E-state index is -0.660. The SMILES string of the molecule is CCCCC/C=C\C/C=C\CCCCCCCCCCCC(=O)OCCCCCCCCCCCCCCCCCCCCCCCCCCCCCCCCCC(=O)NC(CO)C(O)CCCCCCCCCCCCCC. The molecule has 2 unspecified atom stereocenters. The van der Waals surface area contributed by atoms with Gasteiger partial charge in [0.15, 0.2) is 0 Å². The molecule has 0 aromatic carbocycles. The molecule has 0 fully saturated rings. The molecule has 1 amide bonds. The molecule has 0 spiro atoms. The highest BCUT2D eigenvalue weighted by Gasteiger charge is 2.20. The molecule has 0 radical (unpaired) electrons. The first kappa shape index (κ1) is 77.3. The molecule has 79 heavy (non-hydrogen) atoms. The number of carbonyl (C=O) groups excluding carboxylic acids is 2. The van der Waals surface area contributed by atoms with Crippen LogP contribution in [0.3, 0.4) is 0 Å². The number of unbranched alkanes of at least 4 members (excludes halogenated alkanes) is 53. The highest BCUT2D eigenvalue weighted by molar-refractivity contribution is 5.76. The standard InChI is InChI=1S/C73H141NO5/c1-3-5-7-9-11-13-15-17-18-19-33-37-40-43-47-51-55-59-63-67-73(78)79-68-64-60-56-52-48-44-41-38-35-32-30-28-26-24-22-20-21-23-25-27-29-31-34-36-39-42-46-50-54-58-62-66-72(77)74-70(69-75)71(76)65-61-57-53-49-45-16-14-12-10-8-6-4-2/h11,13,17-18,70-71,75-76H,3-10,12,14-16,19-69H2,1-2H3,(H,74,77)/b13-11-,18-17-. The zero-order chi connectivity index (χ0) is 57.1. The summed E-state index contributed by atoms with van der Waals surface area (Å²) in [5.41, 5.74) is 0. The van der Waals surface area contributed by atoms with Gasteiger partial charge in [0, 0.05) is 12.8 Å². The van der Waals surface area contributed by atoms with E-state index in [1.165, 1.54) is 321 Å². The van der Waals surface area contributed by atoms with Gasteiger partial charge in [-0.05, 0) is 57.8 Å². The van der Waals surface area contributed by atoms with Gasteiger partial charge in [0.2, 0.25) is 5.91 Å². The van der Waals surface area contributed by atoms with Crippen LogP contribution in [0.5, 0.6) is 0 Å². The number of allylic oxidation sites excluding steroid dienone is 4. The van der Waals surface area contributed by atoms with Crippen molar-refractivity contribution in [3.05, 3.63) is 24.3 Å². The van der Waals surface area contributed by atoms with E-state index in [-0.39, 0.29) is 18.5 Å². The maximum Gasteiger partial charge on any atom is 0.305 e. The Morgan fingerprint density at radius 2 is 0.633 bits per heavy atom. The van der Waals surface area contributed by atoms with Gasteiger partial charge in [-0.15, -0.1) is 0 Å². The average Bonchev–Trinajstić information content (AvgIpc) is 3.45. The number of amides is 1. The van der Waals surface area contributed by atoms with Crippen molar-refractivity contribution >= 4 is 11.9 Å². The summed E-state index contributed by atoms with van der Waals surface area (Å²) in [6.45, 7) is 4.96. The summed E-state index contributed by atoms with van der Waals surface area (Å²) in [5.74, 6) is -0.0115. The van der Waals surface area contributed by atoms with E-state index in [1.54, 1.807) is 0 Å². The van der Waals surface area contributed by atoms with Crippen LogP contribution in [0.1, 0.15) is 406 Å². The molecule has 468 valence electrons. The lowest BCUT2D eigenvalue weighted by molar-refractivity contribution is -0.143. The van der Waals surface area contributed by atoms with Gasteiger partial charge in [-0.25, -0.2) is 0 Å². The minimum absolute atomic E-state index is 0.0175. The van der Waals surface area contributed by atoms with Gasteiger partial charge in [0.05, 0.1) is 25.4 Å². The van der Waals surface area contributed by atoms with Gasteiger partial charge < -0.3 is 20.3 Å². The first-order valence-corrected chi connectivity index (χ1v) is 36.1. The molecule has 0 aliphatic rings. The van der Waals surface area contributed by atoms with Crippen molar-refractivity contribution in [2.75, 3.05) is 13.2 Å². The maximum absolute atomic E-state index is 12.5. The summed E-state index contributed by atoms with van der Waals surface area (Å²) in [7, 11) is 0. The van der Waals surface area contributed by atoms with Crippen LogP contribution in [-0.4, -0.2) is 47.4 Å². The highest BCUT2D eigenvalue weighted by atomic mass is 16.5. The van der Waals surface area contributed by atoms with Crippen molar-refractivity contribution in [2.45, 2.75) is 418 Å². The summed E-state index contributed by atoms with van der Waals surface area (Å²) in [4.78, 5) is 24.6. The van der Waals surface area contributed by atoms with Crippen molar-refractivity contribution in [1.29, 1.82) is 0 Å². The minimum Gasteiger partial charge on any atom is -0.466 e. The van der Waals surface area contributed by atoms with Crippen molar-refractivity contribution in [1.82, 2.24) is 5.32 Å². The predicted octanol–water partition coefficient (Wildman–Crippen LogP) is 23.3. The zero-order valence-corrected chi connectivity index (χ0v) is 53.6. The van der Waals surface area contributed by atoms with Crippen LogP contribution < -0.4 is 5.32 Å². The number of carbonyl (C=O) groups is 2. The number of nitrogens with one attached hydrogen (secondary N) is 1. The molecular weight excluding hydrogens is 971 g/mol. The second kappa shape index (κ2) is 68.8. The van der Waals surface area contributed by atoms with Gasteiger partial charge >= 0.3 is 5.97 Å². The molecule has 0 bridgehead atoms. The zero-order valence-electron chi connectivity index (χ0n) is 53.6. The Kier molecular flexibility index (Phi) is 67.4. The lowest BCUT2D eigenvalue weighted by atomic mass is 10.0. The first-order chi connectivity index (χ1) is 39.0. The topological polar surface area (TPSA) is 95.9 Å². The van der Waals surface area contributed by atoms with E-state index in [1.807, 2.05) is 0 Å². The fraction of sp³-hybridized carbons (Fsp3) is 0.918. The van der Waals surface area contributed by atoms with Gasteiger partial charge in [0.25, 0.3) is 0 Å². The van der Waals surface area contributed by atoms with Crippen molar-refractivity contribution < 1.29 is 24.5 Å². The Morgan fingerprint density at radius 1 is 0.354 bits per heavy atom. The highest BCUT2D eigenvalue weighted by Crippen LogP contribution is 2.19. The predicted molar refractivity (Wildman–Crippen MR) is 347 cm³/mol. The van der Waals surface area contributed by atoms with E-state index in [4.69, 9.17) is 4.74 Å². The second-order valence-electron chi connectivity index (χ2n) is 24.9. The quantitative estimate of drug-likeness (QED) is 0.0320. The van der Waals surface area contributed by atoms with E-state index in [0.29, 0.717) is 25.9 Å². The number of esters is 1. The van der Waals surface area contributed by atoms with Crippen LogP contribution in [0.4, 0.5) is 0 Å². The Bertz CT molecular complexity index is 1230. The largest absolute Gasteiger partial charge is 0.466 e. The second-order valence-corrected chi connectivity index (χ2v) is 24.9. The molecule has 0 heterocycles. The smallest absolute Gasteiger partial charge is 0.305 e. The number of hydrogen-bond acceptors (Lipinski definition) is 5. The van der Waals surface area contributed by atoms with E-state index in [2.05, 4.69) is 43.5 Å². The van der Waals surface area contributed by atoms with Gasteiger partial charge in [0.1, 0.15) is 0 Å². The number of aliphatic hydroxyl groups is 2. The molecule has 6 nitrogen and oxygen atoms in total. The van der Waals surface area contributed by atoms with Crippen molar-refractivity contribution in [2.24, 2.45) is 0 Å². The van der Waals surface area contributed by atoms with Crippen LogP contribution in [0.25, 0.3) is 0 Å². The van der Waals surface area contributed by atoms with Crippen molar-refractivity contribution in [3.8, 4) is 0 Å². The van der Waals surface area contributed by atoms with E-state index >= 15 is 0 Å². The Morgan fingerprint density at radius 3 is 0.987 bits per heavy atom. The molecule has 0 aliphatic heterocycles. The van der Waals surface area contributed by atoms with Gasteiger partial charge in [-0.1, -0.05) is 359 Å². The average molecular weight is 1110 g/mol. The van der Waals surface area contributed by atoms with E-state index < -0.39 is 12.1 Å². The molecule has 0 rings (SSSR count). The van der Waals surface area contributed by atoms with E-state index in [9.17, 15) is 19.8 Å². The maximum atomic E-state index is 12.5. The Hall–Kier alpha value is -1.66. The Labute approximate surface area is 494 Å². The number of aliphatic hydroxyl groups excluding tert-OH is 2. The first-order valence-electron chi connectivity index (χ1n) is 36.1. The normalized spacial score (nSPS) is 12.6. The fourth-order valence-electron chi connectivity index (χ4n) is 11.5. The lowest BCUT2D eigenvalue weighted by Crippen LogP contribution is -2.45. The summed E-state index contributed by atoms with van der Waals surface area (Å²) < 4.78 is 5.51. The fourth-order valence-corrected chi connectivity index (χ4v) is 11.5. The third kappa shape index (κ3) is 65.4. The van der Waals surface area contributed by atoms with E-state index in [0.717, 1.165) is 51.4 Å². The van der Waals surface area contributed by atoms with Crippen molar-refractivity contribution in [3.63, 3.8) is 0 Å². The molecule has 6 heteroatoms. The molecular formula is C73H141NO5. The van der Waals surface area contributed by atoms with Gasteiger partial charge in [-0.2, -0.15) is 0 Å².